The summed E-state index contributed by atoms with van der Waals surface area (Å²) >= 11 is 0. The SMILES string of the molecule is COc1ccc(C(=O)CN(C)c2nnnn2-c2ccccc2)cc1OC. The summed E-state index contributed by atoms with van der Waals surface area (Å²) in [6.45, 7) is 0.114. The molecule has 0 aliphatic carbocycles. The van der Waals surface area contributed by atoms with Gasteiger partial charge >= 0.3 is 0 Å². The van der Waals surface area contributed by atoms with Crippen LogP contribution in [0.4, 0.5) is 5.95 Å². The number of para-hydroxylation sites is 1. The highest BCUT2D eigenvalue weighted by Crippen LogP contribution is 2.27. The first kappa shape index (κ1) is 17.4. The summed E-state index contributed by atoms with van der Waals surface area (Å²) in [5.41, 5.74) is 1.34. The molecule has 3 rings (SSSR count). The molecule has 0 amide bonds. The van der Waals surface area contributed by atoms with Gasteiger partial charge in [0, 0.05) is 12.6 Å². The number of ketones is 1. The third-order valence-electron chi connectivity index (χ3n) is 3.88. The Bertz CT molecular complexity index is 895. The van der Waals surface area contributed by atoms with Gasteiger partial charge in [-0.3, -0.25) is 4.79 Å². The topological polar surface area (TPSA) is 82.4 Å². The van der Waals surface area contributed by atoms with Gasteiger partial charge in [-0.05, 0) is 40.8 Å². The van der Waals surface area contributed by atoms with Gasteiger partial charge in [0.05, 0.1) is 26.5 Å². The van der Waals surface area contributed by atoms with Crippen LogP contribution in [-0.2, 0) is 0 Å². The average Bonchev–Trinajstić information content (AvgIpc) is 3.18. The van der Waals surface area contributed by atoms with Crippen LogP contribution in [-0.4, -0.2) is 53.8 Å². The molecule has 0 N–H and O–H groups in total. The van der Waals surface area contributed by atoms with Crippen molar-refractivity contribution in [2.75, 3.05) is 32.7 Å². The summed E-state index contributed by atoms with van der Waals surface area (Å²) < 4.78 is 12.0. The smallest absolute Gasteiger partial charge is 0.250 e. The maximum absolute atomic E-state index is 12.6. The lowest BCUT2D eigenvalue weighted by Gasteiger charge is -2.17. The third-order valence-corrected chi connectivity index (χ3v) is 3.88. The molecular weight excluding hydrogens is 334 g/mol. The Morgan fingerprint density at radius 2 is 1.81 bits per heavy atom. The molecular formula is C18H19N5O3. The second-order valence-corrected chi connectivity index (χ2v) is 5.58. The molecule has 0 bridgehead atoms. The molecule has 2 aromatic carbocycles. The molecule has 1 heterocycles. The Kier molecular flexibility index (Phi) is 5.12. The second-order valence-electron chi connectivity index (χ2n) is 5.58. The zero-order valence-corrected chi connectivity index (χ0v) is 14.8. The lowest BCUT2D eigenvalue weighted by Crippen LogP contribution is -2.28. The number of carbonyl (C=O) groups excluding carboxylic acids is 1. The number of benzene rings is 2. The van der Waals surface area contributed by atoms with Crippen molar-refractivity contribution in [2.45, 2.75) is 0 Å². The van der Waals surface area contributed by atoms with E-state index in [1.54, 1.807) is 41.9 Å². The molecule has 0 aliphatic rings. The summed E-state index contributed by atoms with van der Waals surface area (Å²) in [4.78, 5) is 14.4. The number of Topliss-reactive ketones (excluding diaryl/α,β-unsaturated/α-hetero) is 1. The molecule has 26 heavy (non-hydrogen) atoms. The fourth-order valence-electron chi connectivity index (χ4n) is 2.54. The summed E-state index contributed by atoms with van der Waals surface area (Å²) in [6.07, 6.45) is 0. The van der Waals surface area contributed by atoms with Crippen LogP contribution >= 0.6 is 0 Å². The zero-order valence-electron chi connectivity index (χ0n) is 14.8. The standard InChI is InChI=1S/C18H19N5O3/c1-22(18-19-20-21-23(18)14-7-5-4-6-8-14)12-15(24)13-9-10-16(25-2)17(11-13)26-3/h4-11H,12H2,1-3H3. The largest absolute Gasteiger partial charge is 0.493 e. The van der Waals surface area contributed by atoms with E-state index in [9.17, 15) is 4.79 Å². The third kappa shape index (κ3) is 3.49. The summed E-state index contributed by atoms with van der Waals surface area (Å²) in [5, 5.41) is 11.8. The monoisotopic (exact) mass is 353 g/mol. The van der Waals surface area contributed by atoms with E-state index in [4.69, 9.17) is 9.47 Å². The van der Waals surface area contributed by atoms with Gasteiger partial charge in [-0.15, -0.1) is 0 Å². The maximum atomic E-state index is 12.6. The predicted octanol–water partition coefficient (Wildman–Crippen LogP) is 2.00. The average molecular weight is 353 g/mol. The fourth-order valence-corrected chi connectivity index (χ4v) is 2.54. The molecule has 0 radical (unpaired) electrons. The molecule has 0 fully saturated rings. The Labute approximate surface area is 151 Å². The zero-order chi connectivity index (χ0) is 18.5. The summed E-state index contributed by atoms with van der Waals surface area (Å²) in [6, 6.07) is 14.6. The van der Waals surface area contributed by atoms with Gasteiger partial charge in [-0.1, -0.05) is 23.3 Å². The summed E-state index contributed by atoms with van der Waals surface area (Å²) in [5.74, 6) is 1.47. The van der Waals surface area contributed by atoms with E-state index in [-0.39, 0.29) is 12.3 Å². The Hall–Kier alpha value is -3.42. The minimum absolute atomic E-state index is 0.0870. The molecule has 0 spiro atoms. The van der Waals surface area contributed by atoms with E-state index in [2.05, 4.69) is 15.5 Å². The Morgan fingerprint density at radius 3 is 2.50 bits per heavy atom. The van der Waals surface area contributed by atoms with Crippen molar-refractivity contribution in [3.63, 3.8) is 0 Å². The molecule has 0 saturated carbocycles. The highest BCUT2D eigenvalue weighted by atomic mass is 16.5. The van der Waals surface area contributed by atoms with E-state index in [0.29, 0.717) is 23.0 Å². The first-order chi connectivity index (χ1) is 12.6. The first-order valence-corrected chi connectivity index (χ1v) is 7.94. The second kappa shape index (κ2) is 7.64. The molecule has 8 heteroatoms. The number of hydrogen-bond donors (Lipinski definition) is 0. The van der Waals surface area contributed by atoms with Crippen LogP contribution in [0.1, 0.15) is 10.4 Å². The lowest BCUT2D eigenvalue weighted by atomic mass is 10.1. The molecule has 0 unspecified atom stereocenters. The number of rotatable bonds is 7. The number of aromatic nitrogens is 4. The molecule has 0 aliphatic heterocycles. The van der Waals surface area contributed by atoms with Gasteiger partial charge in [-0.25, -0.2) is 0 Å². The van der Waals surface area contributed by atoms with Crippen molar-refractivity contribution < 1.29 is 14.3 Å². The van der Waals surface area contributed by atoms with Gasteiger partial charge < -0.3 is 14.4 Å². The van der Waals surface area contributed by atoms with Gasteiger partial charge in [0.2, 0.25) is 0 Å². The molecule has 3 aromatic rings. The molecule has 134 valence electrons. The van der Waals surface area contributed by atoms with E-state index < -0.39 is 0 Å². The normalized spacial score (nSPS) is 10.4. The van der Waals surface area contributed by atoms with Crippen LogP contribution in [0.25, 0.3) is 5.69 Å². The highest BCUT2D eigenvalue weighted by Gasteiger charge is 2.18. The van der Waals surface area contributed by atoms with E-state index in [1.165, 1.54) is 7.11 Å². The van der Waals surface area contributed by atoms with Crippen molar-refractivity contribution in [2.24, 2.45) is 0 Å². The summed E-state index contributed by atoms with van der Waals surface area (Å²) in [7, 11) is 4.85. The minimum atomic E-state index is -0.0870. The van der Waals surface area contributed by atoms with Crippen LogP contribution < -0.4 is 14.4 Å². The highest BCUT2D eigenvalue weighted by molar-refractivity contribution is 5.99. The van der Waals surface area contributed by atoms with Gasteiger partial charge in [0.15, 0.2) is 17.3 Å². The number of nitrogens with zero attached hydrogens (tertiary/aromatic N) is 5. The minimum Gasteiger partial charge on any atom is -0.493 e. The number of likely N-dealkylation sites (N-methyl/N-ethyl adjacent to an activating group) is 1. The van der Waals surface area contributed by atoms with Crippen molar-refractivity contribution >= 4 is 11.7 Å². The van der Waals surface area contributed by atoms with E-state index >= 15 is 0 Å². The Balaban J connectivity index is 1.80. The number of ether oxygens (including phenoxy) is 2. The van der Waals surface area contributed by atoms with E-state index in [0.717, 1.165) is 5.69 Å². The number of methoxy groups -OCH3 is 2. The lowest BCUT2D eigenvalue weighted by molar-refractivity contribution is 0.0999. The first-order valence-electron chi connectivity index (χ1n) is 7.94. The van der Waals surface area contributed by atoms with Crippen LogP contribution in [0, 0.1) is 0 Å². The van der Waals surface area contributed by atoms with Gasteiger partial charge in [0.1, 0.15) is 0 Å². The molecule has 0 atom stereocenters. The van der Waals surface area contributed by atoms with Crippen LogP contribution in [0.15, 0.2) is 48.5 Å². The number of hydrogen-bond acceptors (Lipinski definition) is 7. The van der Waals surface area contributed by atoms with Crippen LogP contribution in [0.5, 0.6) is 11.5 Å². The van der Waals surface area contributed by atoms with Crippen molar-refractivity contribution in [1.82, 2.24) is 20.2 Å². The van der Waals surface area contributed by atoms with Crippen LogP contribution in [0.3, 0.4) is 0 Å². The predicted molar refractivity (Wildman–Crippen MR) is 96.3 cm³/mol. The molecule has 8 nitrogen and oxygen atoms in total. The Morgan fingerprint density at radius 1 is 1.08 bits per heavy atom. The van der Waals surface area contributed by atoms with Crippen LogP contribution in [0.2, 0.25) is 0 Å². The maximum Gasteiger partial charge on any atom is 0.250 e. The molecule has 1 aromatic heterocycles. The van der Waals surface area contributed by atoms with Crippen molar-refractivity contribution in [1.29, 1.82) is 0 Å². The van der Waals surface area contributed by atoms with Crippen molar-refractivity contribution in [3.05, 3.63) is 54.1 Å². The van der Waals surface area contributed by atoms with Gasteiger partial charge in [0.25, 0.3) is 5.95 Å². The number of anilines is 1. The fraction of sp³-hybridized carbons (Fsp3) is 0.222. The van der Waals surface area contributed by atoms with Crippen molar-refractivity contribution in [3.8, 4) is 17.2 Å². The number of carbonyl (C=O) groups is 1. The quantitative estimate of drug-likeness (QED) is 0.601. The molecule has 0 saturated heterocycles. The number of tetrazole rings is 1. The van der Waals surface area contributed by atoms with E-state index in [1.807, 2.05) is 30.3 Å². The van der Waals surface area contributed by atoms with Gasteiger partial charge in [-0.2, -0.15) is 4.68 Å².